The maximum Gasteiger partial charge on any atom is 0.313 e. The Bertz CT molecular complexity index is 608. The molecule has 1 aromatic heterocycles. The third-order valence-corrected chi connectivity index (χ3v) is 4.75. The van der Waals surface area contributed by atoms with Crippen molar-refractivity contribution in [3.8, 4) is 0 Å². The Morgan fingerprint density at radius 1 is 1.53 bits per heavy atom. The van der Waals surface area contributed by atoms with E-state index >= 15 is 0 Å². The van der Waals surface area contributed by atoms with Gasteiger partial charge in [0.05, 0.1) is 11.4 Å². The number of benzene rings is 1. The molecule has 0 atom stereocenters. The van der Waals surface area contributed by atoms with Crippen LogP contribution in [0.15, 0.2) is 27.0 Å². The normalized spacial score (nSPS) is 10.4. The Kier molecular flexibility index (Phi) is 5.03. The van der Waals surface area contributed by atoms with Gasteiger partial charge in [0.1, 0.15) is 0 Å². The van der Waals surface area contributed by atoms with Crippen molar-refractivity contribution >= 4 is 67.4 Å². The molecule has 2 N–H and O–H groups in total. The van der Waals surface area contributed by atoms with Crippen LogP contribution in [0.4, 0.5) is 10.8 Å². The number of carboxylic acids is 1. The lowest BCUT2D eigenvalue weighted by Crippen LogP contribution is -1.96. The number of nitrogens with one attached hydrogen (secondary N) is 1. The molecule has 2 rings (SSSR count). The van der Waals surface area contributed by atoms with Crippen LogP contribution < -0.4 is 5.32 Å². The fraction of sp³-hybridized carbons (Fsp3) is 0.100. The number of thioether (sulfide) groups is 1. The summed E-state index contributed by atoms with van der Waals surface area (Å²) in [6, 6.07) is 5.35. The van der Waals surface area contributed by atoms with Crippen LogP contribution in [0.25, 0.3) is 0 Å². The van der Waals surface area contributed by atoms with Gasteiger partial charge >= 0.3 is 5.97 Å². The molecular formula is C10H7BrClN3O2S2. The van der Waals surface area contributed by atoms with E-state index in [9.17, 15) is 4.79 Å². The van der Waals surface area contributed by atoms with Crippen molar-refractivity contribution < 1.29 is 9.90 Å². The first kappa shape index (κ1) is 14.6. The van der Waals surface area contributed by atoms with Crippen LogP contribution in [-0.4, -0.2) is 27.0 Å². The third kappa shape index (κ3) is 4.34. The van der Waals surface area contributed by atoms with Crippen molar-refractivity contribution in [3.05, 3.63) is 27.7 Å². The standard InChI is InChI=1S/C10H7BrClN3O2S2/c11-6-3-5(12)1-2-7(6)13-9-14-15-10(19-9)18-4-8(16)17/h1-3H,4H2,(H,13,14)(H,16,17). The van der Waals surface area contributed by atoms with E-state index in [1.54, 1.807) is 12.1 Å². The number of aliphatic carboxylic acids is 1. The van der Waals surface area contributed by atoms with Gasteiger partial charge in [-0.15, -0.1) is 10.2 Å². The summed E-state index contributed by atoms with van der Waals surface area (Å²) in [5, 5.41) is 20.7. The number of hydrogen-bond acceptors (Lipinski definition) is 6. The molecule has 1 aromatic carbocycles. The minimum absolute atomic E-state index is 0.0285. The molecule has 5 nitrogen and oxygen atoms in total. The van der Waals surface area contributed by atoms with Crippen LogP contribution in [0.2, 0.25) is 5.02 Å². The zero-order valence-corrected chi connectivity index (χ0v) is 13.2. The first-order valence-corrected chi connectivity index (χ1v) is 7.92. The van der Waals surface area contributed by atoms with Gasteiger partial charge in [-0.05, 0) is 34.1 Å². The molecule has 2 aromatic rings. The average Bonchev–Trinajstić information content (AvgIpc) is 2.78. The summed E-state index contributed by atoms with van der Waals surface area (Å²) in [7, 11) is 0. The number of hydrogen-bond donors (Lipinski definition) is 2. The van der Waals surface area contributed by atoms with Crippen LogP contribution in [0.5, 0.6) is 0 Å². The second-order valence-corrected chi connectivity index (χ2v) is 6.80. The predicted octanol–water partition coefficient (Wildman–Crippen LogP) is 3.87. The Labute approximate surface area is 130 Å². The number of halogens is 2. The highest BCUT2D eigenvalue weighted by atomic mass is 79.9. The van der Waals surface area contributed by atoms with Gasteiger partial charge in [-0.2, -0.15) is 0 Å². The van der Waals surface area contributed by atoms with E-state index < -0.39 is 5.97 Å². The molecular weight excluding hydrogens is 374 g/mol. The fourth-order valence-electron chi connectivity index (χ4n) is 1.15. The number of nitrogens with zero attached hydrogens (tertiary/aromatic N) is 2. The molecule has 0 bridgehead atoms. The summed E-state index contributed by atoms with van der Waals surface area (Å²) in [6.45, 7) is 0. The Morgan fingerprint density at radius 2 is 2.32 bits per heavy atom. The van der Waals surface area contributed by atoms with Gasteiger partial charge in [-0.25, -0.2) is 0 Å². The fourth-order valence-corrected chi connectivity index (χ4v) is 3.41. The topological polar surface area (TPSA) is 75.1 Å². The molecule has 9 heteroatoms. The molecule has 0 unspecified atom stereocenters. The van der Waals surface area contributed by atoms with E-state index in [4.69, 9.17) is 16.7 Å². The van der Waals surface area contributed by atoms with E-state index in [1.807, 2.05) is 6.07 Å². The monoisotopic (exact) mass is 379 g/mol. The molecule has 0 saturated carbocycles. The van der Waals surface area contributed by atoms with Crippen molar-refractivity contribution in [3.63, 3.8) is 0 Å². The Morgan fingerprint density at radius 3 is 3.00 bits per heavy atom. The lowest BCUT2D eigenvalue weighted by atomic mass is 10.3. The average molecular weight is 381 g/mol. The molecule has 0 aliphatic heterocycles. The number of carbonyl (C=O) groups is 1. The van der Waals surface area contributed by atoms with E-state index in [1.165, 1.54) is 11.3 Å². The number of anilines is 2. The molecule has 0 saturated heterocycles. The van der Waals surface area contributed by atoms with Gasteiger partial charge in [0.2, 0.25) is 5.13 Å². The van der Waals surface area contributed by atoms with Crippen molar-refractivity contribution in [2.75, 3.05) is 11.1 Å². The zero-order valence-electron chi connectivity index (χ0n) is 9.26. The molecule has 0 aliphatic carbocycles. The van der Waals surface area contributed by atoms with Crippen LogP contribution >= 0.6 is 50.6 Å². The van der Waals surface area contributed by atoms with Gasteiger partial charge in [-0.1, -0.05) is 34.7 Å². The lowest BCUT2D eigenvalue weighted by molar-refractivity contribution is -0.133. The van der Waals surface area contributed by atoms with Gasteiger partial charge in [0, 0.05) is 9.50 Å². The minimum Gasteiger partial charge on any atom is -0.481 e. The van der Waals surface area contributed by atoms with Gasteiger partial charge in [-0.3, -0.25) is 4.79 Å². The summed E-state index contributed by atoms with van der Waals surface area (Å²) in [5.41, 5.74) is 0.815. The second kappa shape index (κ2) is 6.56. The summed E-state index contributed by atoms with van der Waals surface area (Å²) in [6.07, 6.45) is 0. The third-order valence-electron chi connectivity index (χ3n) is 1.90. The van der Waals surface area contributed by atoms with Crippen molar-refractivity contribution in [1.82, 2.24) is 10.2 Å². The minimum atomic E-state index is -0.879. The molecule has 0 radical (unpaired) electrons. The van der Waals surface area contributed by atoms with Crippen LogP contribution in [-0.2, 0) is 4.79 Å². The molecule has 19 heavy (non-hydrogen) atoms. The smallest absolute Gasteiger partial charge is 0.313 e. The summed E-state index contributed by atoms with van der Waals surface area (Å²) in [4.78, 5) is 10.4. The summed E-state index contributed by atoms with van der Waals surface area (Å²) in [5.74, 6) is -0.908. The Hall–Kier alpha value is -0.830. The van der Waals surface area contributed by atoms with Crippen molar-refractivity contribution in [2.45, 2.75) is 4.34 Å². The first-order valence-electron chi connectivity index (χ1n) is 4.95. The first-order chi connectivity index (χ1) is 9.04. The zero-order chi connectivity index (χ0) is 13.8. The lowest BCUT2D eigenvalue weighted by Gasteiger charge is -2.04. The van der Waals surface area contributed by atoms with Crippen LogP contribution in [0.3, 0.4) is 0 Å². The SMILES string of the molecule is O=C(O)CSc1nnc(Nc2ccc(Cl)cc2Br)s1. The molecule has 0 amide bonds. The Balaban J connectivity index is 2.05. The summed E-state index contributed by atoms with van der Waals surface area (Å²) < 4.78 is 1.42. The van der Waals surface area contributed by atoms with Crippen molar-refractivity contribution in [1.29, 1.82) is 0 Å². The van der Waals surface area contributed by atoms with E-state index in [2.05, 4.69) is 31.4 Å². The largest absolute Gasteiger partial charge is 0.481 e. The van der Waals surface area contributed by atoms with Gasteiger partial charge in [0.25, 0.3) is 0 Å². The second-order valence-electron chi connectivity index (χ2n) is 3.30. The number of rotatable bonds is 5. The predicted molar refractivity (Wildman–Crippen MR) is 80.7 cm³/mol. The molecule has 0 fully saturated rings. The summed E-state index contributed by atoms with van der Waals surface area (Å²) >= 11 is 11.7. The van der Waals surface area contributed by atoms with Crippen molar-refractivity contribution in [2.24, 2.45) is 0 Å². The molecule has 0 aliphatic rings. The molecule has 1 heterocycles. The van der Waals surface area contributed by atoms with E-state index in [0.717, 1.165) is 21.9 Å². The van der Waals surface area contributed by atoms with Gasteiger partial charge < -0.3 is 10.4 Å². The maximum absolute atomic E-state index is 10.4. The van der Waals surface area contributed by atoms with E-state index in [-0.39, 0.29) is 5.75 Å². The quantitative estimate of drug-likeness (QED) is 0.767. The van der Waals surface area contributed by atoms with Crippen LogP contribution in [0, 0.1) is 0 Å². The molecule has 0 spiro atoms. The highest BCUT2D eigenvalue weighted by molar-refractivity contribution is 9.10. The van der Waals surface area contributed by atoms with Crippen LogP contribution in [0.1, 0.15) is 0 Å². The highest BCUT2D eigenvalue weighted by Gasteiger charge is 2.08. The molecule has 100 valence electrons. The van der Waals surface area contributed by atoms with E-state index in [0.29, 0.717) is 14.5 Å². The highest BCUT2D eigenvalue weighted by Crippen LogP contribution is 2.31. The number of aromatic nitrogens is 2. The van der Waals surface area contributed by atoms with Gasteiger partial charge in [0.15, 0.2) is 4.34 Å². The number of carboxylic acid groups (broad SMARTS) is 1. The maximum atomic E-state index is 10.4.